The van der Waals surface area contributed by atoms with Gasteiger partial charge in [0.05, 0.1) is 24.2 Å². The van der Waals surface area contributed by atoms with E-state index in [1.165, 1.54) is 17.0 Å². The highest BCUT2D eigenvalue weighted by Gasteiger charge is 2.33. The number of amides is 1. The van der Waals surface area contributed by atoms with Gasteiger partial charge in [-0.1, -0.05) is 66.2 Å². The number of hydrogen-bond donors (Lipinski definition) is 3. The first-order chi connectivity index (χ1) is 20.7. The van der Waals surface area contributed by atoms with Gasteiger partial charge in [0.15, 0.2) is 0 Å². The number of fused-ring (bicyclic) bond motifs is 1. The summed E-state index contributed by atoms with van der Waals surface area (Å²) in [7, 11) is -3.74. The van der Waals surface area contributed by atoms with Crippen molar-refractivity contribution in [1.29, 1.82) is 0 Å². The fourth-order valence-corrected chi connectivity index (χ4v) is 6.31. The van der Waals surface area contributed by atoms with E-state index >= 15 is 0 Å². The zero-order valence-corrected chi connectivity index (χ0v) is 24.7. The average Bonchev–Trinajstić information content (AvgIpc) is 3.02. The lowest BCUT2D eigenvalue weighted by Crippen LogP contribution is -2.46. The molecular weight excluding hydrogens is 568 g/mol. The van der Waals surface area contributed by atoms with Crippen LogP contribution in [0.15, 0.2) is 95.9 Å². The van der Waals surface area contributed by atoms with E-state index in [1.807, 2.05) is 37.3 Å². The van der Waals surface area contributed by atoms with Gasteiger partial charge in [0.2, 0.25) is 10.0 Å². The van der Waals surface area contributed by atoms with Crippen molar-refractivity contribution in [1.82, 2.24) is 9.62 Å². The number of piperidine rings is 1. The van der Waals surface area contributed by atoms with Crippen LogP contribution >= 0.6 is 0 Å². The highest BCUT2D eigenvalue weighted by molar-refractivity contribution is 7.89. The van der Waals surface area contributed by atoms with Crippen LogP contribution in [0.25, 0.3) is 10.8 Å². The number of aliphatic hydroxyl groups is 1. The molecule has 226 valence electrons. The number of aliphatic hydroxyl groups excluding tert-OH is 1. The van der Waals surface area contributed by atoms with Gasteiger partial charge in [0.25, 0.3) is 0 Å². The molecule has 43 heavy (non-hydrogen) atoms. The summed E-state index contributed by atoms with van der Waals surface area (Å²) in [6.45, 7) is 2.65. The van der Waals surface area contributed by atoms with Crippen molar-refractivity contribution >= 4 is 26.9 Å². The summed E-state index contributed by atoms with van der Waals surface area (Å²) >= 11 is 0. The average molecular weight is 605 g/mol. The molecule has 0 aliphatic carbocycles. The molecule has 1 saturated heterocycles. The second kappa shape index (κ2) is 13.6. The molecule has 0 bridgehead atoms. The van der Waals surface area contributed by atoms with E-state index in [-0.39, 0.29) is 36.6 Å². The molecule has 0 saturated carbocycles. The molecule has 5 rings (SSSR count). The molecular formula is C33H36N2O7S. The van der Waals surface area contributed by atoms with Crippen LogP contribution in [0.2, 0.25) is 0 Å². The van der Waals surface area contributed by atoms with Crippen molar-refractivity contribution in [2.24, 2.45) is 0 Å². The monoisotopic (exact) mass is 604 g/mol. The molecule has 0 aromatic heterocycles. The Labute approximate surface area is 251 Å². The number of sulfonamides is 1. The topological polar surface area (TPSA) is 125 Å². The molecule has 1 aliphatic heterocycles. The third-order valence-electron chi connectivity index (χ3n) is 7.70. The number of rotatable bonds is 11. The van der Waals surface area contributed by atoms with Gasteiger partial charge in [0, 0.05) is 19.0 Å². The van der Waals surface area contributed by atoms with Crippen LogP contribution < -0.4 is 9.46 Å². The Kier molecular flexibility index (Phi) is 9.62. The molecule has 4 aromatic rings. The predicted octanol–water partition coefficient (Wildman–Crippen LogP) is 4.92. The Morgan fingerprint density at radius 2 is 1.72 bits per heavy atom. The second-order valence-corrected chi connectivity index (χ2v) is 12.6. The van der Waals surface area contributed by atoms with Crippen molar-refractivity contribution in [3.63, 3.8) is 0 Å². The fourth-order valence-electron chi connectivity index (χ4n) is 5.24. The summed E-state index contributed by atoms with van der Waals surface area (Å²) in [6.07, 6.45) is -1.71. The minimum absolute atomic E-state index is 0.00752. The molecule has 1 aliphatic rings. The van der Waals surface area contributed by atoms with Gasteiger partial charge in [-0.15, -0.1) is 0 Å². The molecule has 3 atom stereocenters. The molecule has 10 heteroatoms. The Bertz CT molecular complexity index is 1640. The van der Waals surface area contributed by atoms with Gasteiger partial charge in [-0.05, 0) is 65.6 Å². The van der Waals surface area contributed by atoms with E-state index in [9.17, 15) is 23.4 Å². The van der Waals surface area contributed by atoms with Gasteiger partial charge in [-0.3, -0.25) is 0 Å². The number of hydrogen-bond acceptors (Lipinski definition) is 6. The van der Waals surface area contributed by atoms with E-state index in [0.717, 1.165) is 27.5 Å². The number of carbonyl (C=O) groups is 1. The van der Waals surface area contributed by atoms with Gasteiger partial charge in [-0.2, -0.15) is 0 Å². The molecule has 0 radical (unpaired) electrons. The summed E-state index contributed by atoms with van der Waals surface area (Å²) in [5.74, 6) is 0.521. The maximum atomic E-state index is 12.5. The Hall–Kier alpha value is -3.96. The van der Waals surface area contributed by atoms with Crippen LogP contribution in [0.3, 0.4) is 0 Å². The standard InChI is InChI=1S/C33H36N2O7S/c1-23-6-14-30(15-7-23)43(39,40)34-19-28(36)22-41-29-12-10-26(11-13-29)31-16-17-35(33(37)38)20-32(31)42-21-24-8-9-25-4-2-3-5-27(25)18-24/h2-15,18,28,31-32,34,36H,16-17,19-22H2,1H3,(H,37,38)/t28-,31+,32-/m0/s1. The maximum Gasteiger partial charge on any atom is 0.407 e. The minimum atomic E-state index is -3.74. The predicted molar refractivity (Wildman–Crippen MR) is 164 cm³/mol. The third kappa shape index (κ3) is 7.91. The molecule has 1 fully saturated rings. The van der Waals surface area contributed by atoms with E-state index in [1.54, 1.807) is 24.3 Å². The van der Waals surface area contributed by atoms with E-state index in [0.29, 0.717) is 25.3 Å². The van der Waals surface area contributed by atoms with Gasteiger partial charge < -0.3 is 24.6 Å². The van der Waals surface area contributed by atoms with Crippen LogP contribution in [-0.4, -0.2) is 68.1 Å². The van der Waals surface area contributed by atoms with Crippen molar-refractivity contribution in [2.75, 3.05) is 26.2 Å². The normalized spacial score (nSPS) is 18.0. The van der Waals surface area contributed by atoms with Crippen LogP contribution in [0, 0.1) is 6.92 Å². The Balaban J connectivity index is 1.17. The zero-order chi connectivity index (χ0) is 30.4. The largest absolute Gasteiger partial charge is 0.491 e. The first-order valence-corrected chi connectivity index (χ1v) is 15.7. The van der Waals surface area contributed by atoms with Crippen LogP contribution in [0.1, 0.15) is 29.0 Å². The maximum absolute atomic E-state index is 12.5. The first-order valence-electron chi connectivity index (χ1n) is 14.2. The van der Waals surface area contributed by atoms with Crippen molar-refractivity contribution < 1.29 is 32.9 Å². The lowest BCUT2D eigenvalue weighted by molar-refractivity contribution is -0.0199. The second-order valence-electron chi connectivity index (χ2n) is 10.9. The summed E-state index contributed by atoms with van der Waals surface area (Å²) < 4.78 is 39.4. The van der Waals surface area contributed by atoms with Gasteiger partial charge in [-0.25, -0.2) is 17.9 Å². The Morgan fingerprint density at radius 1 is 1.00 bits per heavy atom. The summed E-state index contributed by atoms with van der Waals surface area (Å²) in [4.78, 5) is 13.2. The van der Waals surface area contributed by atoms with Crippen LogP contribution in [0.4, 0.5) is 4.79 Å². The number of benzene rings is 4. The smallest absolute Gasteiger partial charge is 0.407 e. The van der Waals surface area contributed by atoms with E-state index in [2.05, 4.69) is 29.0 Å². The van der Waals surface area contributed by atoms with Crippen molar-refractivity contribution in [2.45, 2.75) is 43.0 Å². The van der Waals surface area contributed by atoms with E-state index < -0.39 is 22.2 Å². The number of ether oxygens (including phenoxy) is 2. The van der Waals surface area contributed by atoms with E-state index in [4.69, 9.17) is 9.47 Å². The number of likely N-dealkylation sites (tertiary alicyclic amines) is 1. The highest BCUT2D eigenvalue weighted by atomic mass is 32.2. The van der Waals surface area contributed by atoms with Crippen molar-refractivity contribution in [3.8, 4) is 5.75 Å². The third-order valence-corrected chi connectivity index (χ3v) is 9.14. The summed E-state index contributed by atoms with van der Waals surface area (Å²) in [5.41, 5.74) is 2.98. The zero-order valence-electron chi connectivity index (χ0n) is 23.9. The molecule has 4 aromatic carbocycles. The Morgan fingerprint density at radius 3 is 2.44 bits per heavy atom. The van der Waals surface area contributed by atoms with Crippen molar-refractivity contribution in [3.05, 3.63) is 108 Å². The van der Waals surface area contributed by atoms with Gasteiger partial charge >= 0.3 is 6.09 Å². The number of carboxylic acid groups (broad SMARTS) is 1. The fraction of sp³-hybridized carbons (Fsp3) is 0.303. The minimum Gasteiger partial charge on any atom is -0.491 e. The molecule has 0 spiro atoms. The molecule has 3 N–H and O–H groups in total. The number of aryl methyl sites for hydroxylation is 1. The first kappa shape index (κ1) is 30.5. The SMILES string of the molecule is Cc1ccc(S(=O)(=O)NC[C@H](O)COc2ccc([C@H]3CCN(C(=O)O)C[C@@H]3OCc3ccc4ccccc4c3)cc2)cc1. The lowest BCUT2D eigenvalue weighted by Gasteiger charge is -2.37. The molecule has 0 unspecified atom stereocenters. The van der Waals surface area contributed by atoms with Crippen LogP contribution in [0.5, 0.6) is 5.75 Å². The molecule has 9 nitrogen and oxygen atoms in total. The van der Waals surface area contributed by atoms with Crippen LogP contribution in [-0.2, 0) is 21.4 Å². The molecule has 1 amide bonds. The molecule has 1 heterocycles. The summed E-state index contributed by atoms with van der Waals surface area (Å²) in [6, 6.07) is 28.2. The quantitative estimate of drug-likeness (QED) is 0.222. The number of nitrogens with one attached hydrogen (secondary N) is 1. The highest BCUT2D eigenvalue weighted by Crippen LogP contribution is 2.32. The number of nitrogens with zero attached hydrogens (tertiary/aromatic N) is 1. The van der Waals surface area contributed by atoms with Gasteiger partial charge in [0.1, 0.15) is 18.5 Å². The lowest BCUT2D eigenvalue weighted by atomic mass is 9.87. The summed E-state index contributed by atoms with van der Waals surface area (Å²) in [5, 5.41) is 22.2.